The number of ketones is 1. The first-order chi connectivity index (χ1) is 6.45. The van der Waals surface area contributed by atoms with Crippen molar-refractivity contribution >= 4 is 33.3 Å². The van der Waals surface area contributed by atoms with Crippen LogP contribution in [0, 0.1) is 5.82 Å². The van der Waals surface area contributed by atoms with E-state index in [1.807, 2.05) is 0 Å². The van der Waals surface area contributed by atoms with Gasteiger partial charge < -0.3 is 5.73 Å². The van der Waals surface area contributed by atoms with Gasteiger partial charge in [0.15, 0.2) is 11.6 Å². The first-order valence-corrected chi connectivity index (χ1v) is 5.05. The van der Waals surface area contributed by atoms with Crippen LogP contribution in [-0.4, -0.2) is 11.8 Å². The van der Waals surface area contributed by atoms with Crippen LogP contribution in [0.2, 0.25) is 5.02 Å². The minimum absolute atomic E-state index is 0.0757. The zero-order valence-corrected chi connectivity index (χ0v) is 9.69. The number of rotatable bonds is 2. The Hall–Kier alpha value is -0.450. The molecule has 1 atom stereocenters. The molecule has 1 aromatic carbocycles. The van der Waals surface area contributed by atoms with Crippen LogP contribution in [0.1, 0.15) is 17.3 Å². The Kier molecular flexibility index (Phi) is 3.64. The van der Waals surface area contributed by atoms with Crippen molar-refractivity contribution in [2.75, 3.05) is 0 Å². The summed E-state index contributed by atoms with van der Waals surface area (Å²) >= 11 is 8.67. The Labute approximate surface area is 94.4 Å². The Morgan fingerprint density at radius 3 is 2.71 bits per heavy atom. The van der Waals surface area contributed by atoms with Crippen LogP contribution in [0.3, 0.4) is 0 Å². The number of carbonyl (C=O) groups is 1. The number of carbonyl (C=O) groups excluding carboxylic acids is 1. The molecule has 0 aliphatic rings. The Bertz CT molecular complexity index is 381. The predicted molar refractivity (Wildman–Crippen MR) is 57.1 cm³/mol. The third-order valence-electron chi connectivity index (χ3n) is 1.71. The number of halogens is 3. The van der Waals surface area contributed by atoms with E-state index in [0.29, 0.717) is 4.47 Å². The fourth-order valence-corrected chi connectivity index (χ4v) is 1.43. The molecule has 0 fully saturated rings. The summed E-state index contributed by atoms with van der Waals surface area (Å²) in [5, 5.41) is -0.100. The van der Waals surface area contributed by atoms with Crippen LogP contribution in [0.15, 0.2) is 16.6 Å². The molecule has 1 aromatic rings. The maximum absolute atomic E-state index is 13.4. The lowest BCUT2D eigenvalue weighted by Gasteiger charge is -2.07. The molecule has 2 N–H and O–H groups in total. The SMILES string of the molecule is CC(N)C(=O)c1ccc(Br)c(Cl)c1F. The molecule has 0 radical (unpaired) electrons. The molecule has 1 rings (SSSR count). The van der Waals surface area contributed by atoms with Gasteiger partial charge in [-0.3, -0.25) is 4.79 Å². The van der Waals surface area contributed by atoms with Crippen molar-refractivity contribution in [2.24, 2.45) is 5.73 Å². The van der Waals surface area contributed by atoms with Crippen molar-refractivity contribution in [3.05, 3.63) is 33.0 Å². The Balaban J connectivity index is 3.24. The molecular weight excluding hydrogens is 272 g/mol. The van der Waals surface area contributed by atoms with E-state index in [9.17, 15) is 9.18 Å². The largest absolute Gasteiger partial charge is 0.321 e. The number of benzene rings is 1. The minimum atomic E-state index is -0.734. The normalized spacial score (nSPS) is 12.6. The molecule has 0 amide bonds. The van der Waals surface area contributed by atoms with Crippen LogP contribution in [0.4, 0.5) is 4.39 Å². The molecular formula is C9H8BrClFNO. The summed E-state index contributed by atoms with van der Waals surface area (Å²) in [5.41, 5.74) is 5.28. The van der Waals surface area contributed by atoms with Crippen molar-refractivity contribution in [3.8, 4) is 0 Å². The van der Waals surface area contributed by atoms with Gasteiger partial charge in [0, 0.05) is 4.47 Å². The van der Waals surface area contributed by atoms with Crippen LogP contribution in [-0.2, 0) is 0 Å². The highest BCUT2D eigenvalue weighted by molar-refractivity contribution is 9.10. The lowest BCUT2D eigenvalue weighted by molar-refractivity contribution is 0.0964. The second-order valence-electron chi connectivity index (χ2n) is 2.88. The Morgan fingerprint density at radius 2 is 2.21 bits per heavy atom. The third kappa shape index (κ3) is 2.13. The second-order valence-corrected chi connectivity index (χ2v) is 4.11. The van der Waals surface area contributed by atoms with E-state index in [-0.39, 0.29) is 10.6 Å². The topological polar surface area (TPSA) is 43.1 Å². The summed E-state index contributed by atoms with van der Waals surface area (Å²) < 4.78 is 13.8. The van der Waals surface area contributed by atoms with Crippen LogP contribution in [0.5, 0.6) is 0 Å². The molecule has 0 bridgehead atoms. The maximum atomic E-state index is 13.4. The lowest BCUT2D eigenvalue weighted by atomic mass is 10.1. The van der Waals surface area contributed by atoms with Crippen LogP contribution in [0.25, 0.3) is 0 Å². The number of Topliss-reactive ketones (excluding diaryl/α,β-unsaturated/α-hetero) is 1. The van der Waals surface area contributed by atoms with E-state index in [1.54, 1.807) is 0 Å². The van der Waals surface area contributed by atoms with E-state index in [2.05, 4.69) is 15.9 Å². The van der Waals surface area contributed by atoms with Crippen LogP contribution >= 0.6 is 27.5 Å². The van der Waals surface area contributed by atoms with Gasteiger partial charge in [0.1, 0.15) is 0 Å². The molecule has 2 nitrogen and oxygen atoms in total. The summed E-state index contributed by atoms with van der Waals surface area (Å²) in [5.74, 6) is -1.19. The molecule has 76 valence electrons. The summed E-state index contributed by atoms with van der Waals surface area (Å²) in [6.07, 6.45) is 0. The van der Waals surface area contributed by atoms with Crippen molar-refractivity contribution < 1.29 is 9.18 Å². The molecule has 0 aliphatic carbocycles. The van der Waals surface area contributed by atoms with Crippen molar-refractivity contribution in [3.63, 3.8) is 0 Å². The standard InChI is InChI=1S/C9H8BrClFNO/c1-4(13)9(14)5-2-3-6(10)7(11)8(5)12/h2-4H,13H2,1H3. The number of nitrogens with two attached hydrogens (primary N) is 1. The van der Waals surface area contributed by atoms with Gasteiger partial charge in [0.2, 0.25) is 0 Å². The molecule has 0 aliphatic heterocycles. The highest BCUT2D eigenvalue weighted by Crippen LogP contribution is 2.27. The monoisotopic (exact) mass is 279 g/mol. The van der Waals surface area contributed by atoms with Crippen molar-refractivity contribution in [1.82, 2.24) is 0 Å². The number of hydrogen-bond donors (Lipinski definition) is 1. The van der Waals surface area contributed by atoms with E-state index in [1.165, 1.54) is 19.1 Å². The first kappa shape index (κ1) is 11.6. The molecule has 0 heterocycles. The molecule has 5 heteroatoms. The molecule has 1 unspecified atom stereocenters. The van der Waals surface area contributed by atoms with Gasteiger partial charge in [0.05, 0.1) is 16.6 Å². The molecule has 0 saturated heterocycles. The lowest BCUT2D eigenvalue weighted by Crippen LogP contribution is -2.27. The average molecular weight is 281 g/mol. The van der Waals surface area contributed by atoms with Gasteiger partial charge in [0.25, 0.3) is 0 Å². The fourth-order valence-electron chi connectivity index (χ4n) is 0.961. The quantitative estimate of drug-likeness (QED) is 0.669. The van der Waals surface area contributed by atoms with Crippen molar-refractivity contribution in [1.29, 1.82) is 0 Å². The second kappa shape index (κ2) is 4.38. The fraction of sp³-hybridized carbons (Fsp3) is 0.222. The summed E-state index contributed by atoms with van der Waals surface area (Å²) in [6, 6.07) is 2.14. The van der Waals surface area contributed by atoms with Crippen LogP contribution < -0.4 is 5.73 Å². The van der Waals surface area contributed by atoms with Crippen molar-refractivity contribution in [2.45, 2.75) is 13.0 Å². The van der Waals surface area contributed by atoms with Gasteiger partial charge in [-0.25, -0.2) is 4.39 Å². The van der Waals surface area contributed by atoms with Gasteiger partial charge in [-0.15, -0.1) is 0 Å². The van der Waals surface area contributed by atoms with Gasteiger partial charge in [-0.2, -0.15) is 0 Å². The summed E-state index contributed by atoms with van der Waals surface area (Å²) in [7, 11) is 0. The van der Waals surface area contributed by atoms with E-state index in [0.717, 1.165) is 0 Å². The summed E-state index contributed by atoms with van der Waals surface area (Å²) in [6.45, 7) is 1.50. The predicted octanol–water partition coefficient (Wildman–Crippen LogP) is 2.77. The van der Waals surface area contributed by atoms with E-state index >= 15 is 0 Å². The van der Waals surface area contributed by atoms with Gasteiger partial charge >= 0.3 is 0 Å². The number of hydrogen-bond acceptors (Lipinski definition) is 2. The maximum Gasteiger partial charge on any atom is 0.182 e. The third-order valence-corrected chi connectivity index (χ3v) is 2.97. The molecule has 0 spiro atoms. The van der Waals surface area contributed by atoms with Gasteiger partial charge in [-0.05, 0) is 35.0 Å². The minimum Gasteiger partial charge on any atom is -0.321 e. The zero-order chi connectivity index (χ0) is 10.9. The molecule has 0 saturated carbocycles. The highest BCUT2D eigenvalue weighted by atomic mass is 79.9. The summed E-state index contributed by atoms with van der Waals surface area (Å²) in [4.78, 5) is 11.4. The zero-order valence-electron chi connectivity index (χ0n) is 7.35. The first-order valence-electron chi connectivity index (χ1n) is 3.88. The highest BCUT2D eigenvalue weighted by Gasteiger charge is 2.18. The van der Waals surface area contributed by atoms with E-state index < -0.39 is 17.6 Å². The molecule has 0 aromatic heterocycles. The smallest absolute Gasteiger partial charge is 0.182 e. The van der Waals surface area contributed by atoms with Gasteiger partial charge in [-0.1, -0.05) is 11.6 Å². The Morgan fingerprint density at radius 1 is 1.64 bits per heavy atom. The molecule has 14 heavy (non-hydrogen) atoms. The average Bonchev–Trinajstić information content (AvgIpc) is 2.13. The van der Waals surface area contributed by atoms with E-state index in [4.69, 9.17) is 17.3 Å².